The second-order valence-corrected chi connectivity index (χ2v) is 5.17. The van der Waals surface area contributed by atoms with E-state index in [1.165, 1.54) is 36.1 Å². The van der Waals surface area contributed by atoms with E-state index >= 15 is 0 Å². The molecule has 116 valence electrons. The van der Waals surface area contributed by atoms with Gasteiger partial charge in [-0.2, -0.15) is 5.10 Å². The third-order valence-electron chi connectivity index (χ3n) is 3.63. The van der Waals surface area contributed by atoms with Crippen LogP contribution in [0.2, 0.25) is 0 Å². The summed E-state index contributed by atoms with van der Waals surface area (Å²) in [5.41, 5.74) is 0.944. The fourth-order valence-electron chi connectivity index (χ4n) is 2.37. The first-order chi connectivity index (χ1) is 10.5. The van der Waals surface area contributed by atoms with Gasteiger partial charge in [-0.1, -0.05) is 0 Å². The molecule has 1 fully saturated rings. The van der Waals surface area contributed by atoms with Gasteiger partial charge < -0.3 is 9.84 Å². The third-order valence-corrected chi connectivity index (χ3v) is 3.63. The number of aromatic carboxylic acids is 1. The van der Waals surface area contributed by atoms with Crippen LogP contribution in [0.1, 0.15) is 46.9 Å². The number of rotatable bonds is 5. The fourth-order valence-corrected chi connectivity index (χ4v) is 2.37. The molecule has 5 nitrogen and oxygen atoms in total. The summed E-state index contributed by atoms with van der Waals surface area (Å²) < 4.78 is 32.5. The molecule has 1 aliphatic rings. The Hall–Kier alpha value is -2.44. The largest absolute Gasteiger partial charge is 0.494 e. The molecule has 1 saturated carbocycles. The zero-order chi connectivity index (χ0) is 15.9. The summed E-state index contributed by atoms with van der Waals surface area (Å²) in [6.45, 7) is 0. The molecule has 1 N–H and O–H groups in total. The molecule has 0 bridgehead atoms. The Bertz CT molecular complexity index is 724. The van der Waals surface area contributed by atoms with Gasteiger partial charge in [0.05, 0.1) is 12.7 Å². The van der Waals surface area contributed by atoms with E-state index in [1.807, 2.05) is 0 Å². The Kier molecular flexibility index (Phi) is 3.56. The average Bonchev–Trinajstić information content (AvgIpc) is 3.24. The molecule has 22 heavy (non-hydrogen) atoms. The van der Waals surface area contributed by atoms with Crippen LogP contribution in [0.4, 0.5) is 8.78 Å². The Morgan fingerprint density at radius 3 is 2.68 bits per heavy atom. The number of nitrogens with zero attached hydrogens (tertiary/aromatic N) is 2. The molecule has 0 radical (unpaired) electrons. The van der Waals surface area contributed by atoms with Crippen molar-refractivity contribution in [1.82, 2.24) is 9.78 Å². The van der Waals surface area contributed by atoms with Gasteiger partial charge in [0, 0.05) is 11.6 Å². The monoisotopic (exact) mass is 308 g/mol. The number of ether oxygens (including phenoxy) is 1. The lowest BCUT2D eigenvalue weighted by atomic mass is 10.2. The van der Waals surface area contributed by atoms with Gasteiger partial charge in [-0.15, -0.1) is 0 Å². The van der Waals surface area contributed by atoms with Crippen LogP contribution in [0.15, 0.2) is 24.3 Å². The van der Waals surface area contributed by atoms with Crippen molar-refractivity contribution in [2.45, 2.75) is 25.2 Å². The first-order valence-electron chi connectivity index (χ1n) is 6.81. The van der Waals surface area contributed by atoms with Gasteiger partial charge in [-0.05, 0) is 37.1 Å². The highest BCUT2D eigenvalue weighted by atomic mass is 19.3. The van der Waals surface area contributed by atoms with Crippen molar-refractivity contribution in [2.24, 2.45) is 0 Å². The average molecular weight is 308 g/mol. The second kappa shape index (κ2) is 5.40. The maximum absolute atomic E-state index is 12.9. The fraction of sp³-hybridized carbons (Fsp3) is 0.333. The molecule has 1 aromatic carbocycles. The van der Waals surface area contributed by atoms with Crippen LogP contribution in [0.3, 0.4) is 0 Å². The molecule has 1 heterocycles. The zero-order valence-corrected chi connectivity index (χ0v) is 11.8. The van der Waals surface area contributed by atoms with Crippen LogP contribution in [-0.2, 0) is 0 Å². The number of carboxylic acid groups (broad SMARTS) is 1. The molecular weight excluding hydrogens is 294 g/mol. The Balaban J connectivity index is 2.12. The summed E-state index contributed by atoms with van der Waals surface area (Å²) in [6.07, 6.45) is -0.781. The van der Waals surface area contributed by atoms with E-state index in [0.717, 1.165) is 12.8 Å². The summed E-state index contributed by atoms with van der Waals surface area (Å²) in [5.74, 6) is -0.587. The van der Waals surface area contributed by atoms with E-state index in [4.69, 9.17) is 9.84 Å². The standard InChI is InChI=1S/C15H14F2N2O3/c1-22-13-6-9(15(20)21)4-5-11(13)19-12(8-2-3-8)7-10(18-19)14(16)17/h4-8,14H,2-3H2,1H3,(H,20,21). The lowest BCUT2D eigenvalue weighted by Gasteiger charge is -2.12. The minimum atomic E-state index is -2.65. The van der Waals surface area contributed by atoms with Gasteiger partial charge in [0.15, 0.2) is 0 Å². The molecule has 1 aromatic heterocycles. The summed E-state index contributed by atoms with van der Waals surface area (Å²) in [5, 5.41) is 13.0. The molecule has 0 unspecified atom stereocenters. The Morgan fingerprint density at radius 2 is 2.14 bits per heavy atom. The van der Waals surface area contributed by atoms with Gasteiger partial charge in [-0.3, -0.25) is 0 Å². The number of halogens is 2. The zero-order valence-electron chi connectivity index (χ0n) is 11.8. The van der Waals surface area contributed by atoms with Gasteiger partial charge in [0.2, 0.25) is 0 Å². The van der Waals surface area contributed by atoms with Gasteiger partial charge >= 0.3 is 5.97 Å². The van der Waals surface area contributed by atoms with Crippen molar-refractivity contribution in [1.29, 1.82) is 0 Å². The minimum Gasteiger partial charge on any atom is -0.494 e. The Morgan fingerprint density at radius 1 is 1.41 bits per heavy atom. The van der Waals surface area contributed by atoms with Crippen molar-refractivity contribution in [3.8, 4) is 11.4 Å². The van der Waals surface area contributed by atoms with Crippen LogP contribution < -0.4 is 4.74 Å². The first kappa shape index (κ1) is 14.5. The summed E-state index contributed by atoms with van der Waals surface area (Å²) >= 11 is 0. The van der Waals surface area contributed by atoms with Gasteiger partial charge in [-0.25, -0.2) is 18.3 Å². The molecule has 0 atom stereocenters. The van der Waals surface area contributed by atoms with E-state index in [-0.39, 0.29) is 22.9 Å². The smallest absolute Gasteiger partial charge is 0.335 e. The van der Waals surface area contributed by atoms with Crippen molar-refractivity contribution < 1.29 is 23.4 Å². The second-order valence-electron chi connectivity index (χ2n) is 5.17. The molecule has 2 aromatic rings. The molecule has 0 saturated heterocycles. The number of methoxy groups -OCH3 is 1. The number of carboxylic acids is 1. The summed E-state index contributed by atoms with van der Waals surface area (Å²) in [6, 6.07) is 5.70. The lowest BCUT2D eigenvalue weighted by Crippen LogP contribution is -2.06. The van der Waals surface area contributed by atoms with Crippen LogP contribution in [0.5, 0.6) is 5.75 Å². The highest BCUT2D eigenvalue weighted by Gasteiger charge is 2.31. The van der Waals surface area contributed by atoms with E-state index in [9.17, 15) is 13.6 Å². The van der Waals surface area contributed by atoms with Crippen LogP contribution in [0.25, 0.3) is 5.69 Å². The quantitative estimate of drug-likeness (QED) is 0.919. The highest BCUT2D eigenvalue weighted by molar-refractivity contribution is 5.88. The molecule has 3 rings (SSSR count). The third kappa shape index (κ3) is 2.54. The lowest BCUT2D eigenvalue weighted by molar-refractivity contribution is 0.0696. The first-order valence-corrected chi connectivity index (χ1v) is 6.81. The van der Waals surface area contributed by atoms with Crippen LogP contribution in [-0.4, -0.2) is 28.0 Å². The number of carbonyl (C=O) groups is 1. The van der Waals surface area contributed by atoms with E-state index < -0.39 is 12.4 Å². The predicted octanol–water partition coefficient (Wildman–Crippen LogP) is 3.39. The number of alkyl halides is 2. The van der Waals surface area contributed by atoms with Crippen molar-refractivity contribution in [2.75, 3.05) is 7.11 Å². The van der Waals surface area contributed by atoms with Crippen LogP contribution in [0, 0.1) is 0 Å². The number of hydrogen-bond donors (Lipinski definition) is 1. The van der Waals surface area contributed by atoms with Crippen LogP contribution >= 0.6 is 0 Å². The maximum Gasteiger partial charge on any atom is 0.335 e. The number of hydrogen-bond acceptors (Lipinski definition) is 3. The minimum absolute atomic E-state index is 0.0646. The van der Waals surface area contributed by atoms with E-state index in [0.29, 0.717) is 11.4 Å². The maximum atomic E-state index is 12.9. The molecule has 0 spiro atoms. The number of aromatic nitrogens is 2. The topological polar surface area (TPSA) is 64.3 Å². The molecule has 1 aliphatic carbocycles. The predicted molar refractivity (Wildman–Crippen MR) is 74.0 cm³/mol. The SMILES string of the molecule is COc1cc(C(=O)O)ccc1-n1nc(C(F)F)cc1C1CC1. The molecule has 0 amide bonds. The van der Waals surface area contributed by atoms with E-state index in [2.05, 4.69) is 5.10 Å². The molecule has 7 heteroatoms. The van der Waals surface area contributed by atoms with Gasteiger partial charge in [0.1, 0.15) is 17.1 Å². The highest BCUT2D eigenvalue weighted by Crippen LogP contribution is 2.42. The van der Waals surface area contributed by atoms with Crippen molar-refractivity contribution in [3.63, 3.8) is 0 Å². The van der Waals surface area contributed by atoms with Crippen molar-refractivity contribution in [3.05, 3.63) is 41.2 Å². The number of benzene rings is 1. The summed E-state index contributed by atoms with van der Waals surface area (Å²) in [4.78, 5) is 11.0. The van der Waals surface area contributed by atoms with Crippen molar-refractivity contribution >= 4 is 5.97 Å². The Labute approximate surface area is 125 Å². The summed E-state index contributed by atoms with van der Waals surface area (Å²) in [7, 11) is 1.40. The normalized spacial score (nSPS) is 14.4. The van der Waals surface area contributed by atoms with Gasteiger partial charge in [0.25, 0.3) is 6.43 Å². The van der Waals surface area contributed by atoms with E-state index in [1.54, 1.807) is 0 Å². The molecule has 0 aliphatic heterocycles. The molecular formula is C15H14F2N2O3.